The Labute approximate surface area is 139 Å². The van der Waals surface area contributed by atoms with E-state index in [1.165, 1.54) is 40.5 Å². The van der Waals surface area contributed by atoms with Gasteiger partial charge in [-0.25, -0.2) is 0 Å². The van der Waals surface area contributed by atoms with E-state index in [0.29, 0.717) is 5.92 Å². The van der Waals surface area contributed by atoms with Crippen molar-refractivity contribution in [1.82, 2.24) is 4.98 Å². The number of benzene rings is 2. The van der Waals surface area contributed by atoms with Gasteiger partial charge in [-0.1, -0.05) is 12.1 Å². The molecule has 1 aromatic heterocycles. The van der Waals surface area contributed by atoms with Crippen molar-refractivity contribution >= 4 is 16.5 Å². The van der Waals surface area contributed by atoms with Gasteiger partial charge in [0.25, 0.3) is 0 Å². The zero-order valence-corrected chi connectivity index (χ0v) is 13.1. The van der Waals surface area contributed by atoms with E-state index in [4.69, 9.17) is 14.5 Å². The minimum absolute atomic E-state index is 0.282. The number of nitrogens with zero attached hydrogens (tertiary/aromatic N) is 1. The van der Waals surface area contributed by atoms with Crippen molar-refractivity contribution in [2.45, 2.75) is 18.8 Å². The first kappa shape index (κ1) is 12.6. The third kappa shape index (κ3) is 1.49. The number of hydrogen-bond acceptors (Lipinski definition) is 3. The summed E-state index contributed by atoms with van der Waals surface area (Å²) in [6, 6.07) is 12.6. The normalized spacial score (nSPS) is 19.7. The molecule has 6 rings (SSSR count). The first-order valence-electron chi connectivity index (χ1n) is 8.42. The maximum absolute atomic E-state index is 5.78. The van der Waals surface area contributed by atoms with Gasteiger partial charge in [0.2, 0.25) is 6.79 Å². The highest BCUT2D eigenvalue weighted by atomic mass is 16.7. The average molecular weight is 313 g/mol. The van der Waals surface area contributed by atoms with E-state index in [9.17, 15) is 0 Å². The largest absolute Gasteiger partial charge is 0.457 e. The Morgan fingerprint density at radius 3 is 3.04 bits per heavy atom. The summed E-state index contributed by atoms with van der Waals surface area (Å²) in [6.07, 6.45) is 6.67. The molecule has 3 aliphatic rings. The van der Waals surface area contributed by atoms with Gasteiger partial charge in [0.1, 0.15) is 11.5 Å². The molecule has 1 aliphatic heterocycles. The second kappa shape index (κ2) is 4.38. The lowest BCUT2D eigenvalue weighted by Crippen LogP contribution is -2.16. The number of ether oxygens (including phenoxy) is 2. The molecule has 0 radical (unpaired) electrons. The summed E-state index contributed by atoms with van der Waals surface area (Å²) in [5.74, 6) is 2.33. The summed E-state index contributed by atoms with van der Waals surface area (Å²) in [4.78, 5) is 4.72. The lowest BCUT2D eigenvalue weighted by Gasteiger charge is -2.34. The smallest absolute Gasteiger partial charge is 0.230 e. The van der Waals surface area contributed by atoms with E-state index < -0.39 is 0 Å². The van der Waals surface area contributed by atoms with Crippen LogP contribution in [0.5, 0.6) is 11.5 Å². The number of pyridine rings is 1. The summed E-state index contributed by atoms with van der Waals surface area (Å²) < 4.78 is 11.2. The van der Waals surface area contributed by atoms with Gasteiger partial charge in [-0.15, -0.1) is 0 Å². The van der Waals surface area contributed by atoms with E-state index in [-0.39, 0.29) is 6.79 Å². The van der Waals surface area contributed by atoms with Crippen LogP contribution in [0.3, 0.4) is 0 Å². The molecule has 0 spiro atoms. The van der Waals surface area contributed by atoms with Gasteiger partial charge >= 0.3 is 0 Å². The fourth-order valence-electron chi connectivity index (χ4n) is 4.41. The van der Waals surface area contributed by atoms with Gasteiger partial charge in [0.05, 0.1) is 5.52 Å². The zero-order valence-electron chi connectivity index (χ0n) is 13.1. The maximum Gasteiger partial charge on any atom is 0.230 e. The first-order valence-corrected chi connectivity index (χ1v) is 8.42. The maximum atomic E-state index is 5.78. The molecule has 2 heterocycles. The van der Waals surface area contributed by atoms with E-state index in [0.717, 1.165) is 22.6 Å². The summed E-state index contributed by atoms with van der Waals surface area (Å²) in [5, 5.41) is 1.20. The highest BCUT2D eigenvalue weighted by molar-refractivity contribution is 6.05. The summed E-state index contributed by atoms with van der Waals surface area (Å²) in [6.45, 7) is 0.282. The molecule has 0 saturated carbocycles. The Morgan fingerprint density at radius 2 is 2.04 bits per heavy atom. The lowest BCUT2D eigenvalue weighted by atomic mass is 9.70. The molecule has 3 aromatic rings. The quantitative estimate of drug-likeness (QED) is 0.640. The zero-order chi connectivity index (χ0) is 15.7. The number of rotatable bonds is 1. The molecule has 1 atom stereocenters. The molecule has 2 aromatic carbocycles. The van der Waals surface area contributed by atoms with Gasteiger partial charge in [-0.05, 0) is 53.8 Å². The molecule has 0 fully saturated rings. The predicted molar refractivity (Wildman–Crippen MR) is 93.3 cm³/mol. The lowest BCUT2D eigenvalue weighted by molar-refractivity contribution is 0.106. The average Bonchev–Trinajstić information content (AvgIpc) is 3.03. The van der Waals surface area contributed by atoms with Gasteiger partial charge < -0.3 is 9.47 Å². The van der Waals surface area contributed by atoms with E-state index in [1.54, 1.807) is 0 Å². The molecule has 0 saturated heterocycles. The van der Waals surface area contributed by atoms with Crippen molar-refractivity contribution in [2.75, 3.05) is 6.79 Å². The fourth-order valence-corrected chi connectivity index (χ4v) is 4.41. The number of hydrogen-bond donors (Lipinski definition) is 0. The molecule has 0 amide bonds. The second-order valence-corrected chi connectivity index (χ2v) is 6.64. The van der Waals surface area contributed by atoms with Crippen LogP contribution in [0.15, 0.2) is 48.7 Å². The second-order valence-electron chi connectivity index (χ2n) is 6.64. The molecule has 3 heteroatoms. The molecular formula is C21H15NO2. The van der Waals surface area contributed by atoms with Crippen LogP contribution in [-0.4, -0.2) is 11.8 Å². The minimum atomic E-state index is 0.282. The van der Waals surface area contributed by atoms with Crippen LogP contribution in [0.25, 0.3) is 27.6 Å². The predicted octanol–water partition coefficient (Wildman–Crippen LogP) is 4.90. The fraction of sp³-hybridized carbons (Fsp3) is 0.190. The summed E-state index contributed by atoms with van der Waals surface area (Å²) in [7, 11) is 0. The third-order valence-electron chi connectivity index (χ3n) is 5.45. The van der Waals surface area contributed by atoms with E-state index in [1.807, 2.05) is 24.4 Å². The molecule has 1 unspecified atom stereocenters. The van der Waals surface area contributed by atoms with Crippen molar-refractivity contribution in [1.29, 1.82) is 0 Å². The van der Waals surface area contributed by atoms with Crippen LogP contribution < -0.4 is 9.47 Å². The highest BCUT2D eigenvalue weighted by Crippen LogP contribution is 2.58. The van der Waals surface area contributed by atoms with Gasteiger partial charge in [0, 0.05) is 34.7 Å². The molecular weight excluding hydrogens is 298 g/mol. The van der Waals surface area contributed by atoms with Crippen molar-refractivity contribution in [3.63, 3.8) is 0 Å². The van der Waals surface area contributed by atoms with Crippen molar-refractivity contribution in [3.8, 4) is 22.6 Å². The van der Waals surface area contributed by atoms with Crippen LogP contribution in [0.1, 0.15) is 29.9 Å². The molecule has 24 heavy (non-hydrogen) atoms. The molecule has 2 aliphatic carbocycles. The number of fused-ring (bicyclic) bond motifs is 7. The van der Waals surface area contributed by atoms with Crippen molar-refractivity contribution in [3.05, 3.63) is 59.8 Å². The minimum Gasteiger partial charge on any atom is -0.457 e. The Kier molecular flexibility index (Phi) is 2.30. The van der Waals surface area contributed by atoms with Crippen LogP contribution in [0.2, 0.25) is 0 Å². The number of aromatic nitrogens is 1. The Hall–Kier alpha value is -2.81. The van der Waals surface area contributed by atoms with Crippen LogP contribution in [0, 0.1) is 0 Å². The summed E-state index contributed by atoms with van der Waals surface area (Å²) >= 11 is 0. The number of allylic oxidation sites excluding steroid dienone is 2. The molecule has 2 bridgehead atoms. The van der Waals surface area contributed by atoms with E-state index in [2.05, 4.69) is 24.3 Å². The summed E-state index contributed by atoms with van der Waals surface area (Å²) in [5.41, 5.74) is 7.82. The topological polar surface area (TPSA) is 31.4 Å². The molecule has 116 valence electrons. The van der Waals surface area contributed by atoms with Crippen molar-refractivity contribution < 1.29 is 9.47 Å². The Bertz CT molecular complexity index is 1050. The highest BCUT2D eigenvalue weighted by Gasteiger charge is 2.38. The molecule has 0 N–H and O–H groups in total. The van der Waals surface area contributed by atoms with Crippen LogP contribution in [-0.2, 0) is 0 Å². The monoisotopic (exact) mass is 313 g/mol. The Balaban J connectivity index is 1.73. The van der Waals surface area contributed by atoms with Crippen molar-refractivity contribution in [2.24, 2.45) is 0 Å². The van der Waals surface area contributed by atoms with Crippen LogP contribution in [0.4, 0.5) is 0 Å². The standard InChI is InChI=1S/C21H15NO2/c1-4-14-15(5-1)19-17(14)9-12-3-2-8-22-21(12)20(19)16-7-6-13-10-18(16)24-11-23-13/h2-4,6-10,15H,1,5,11H2. The Morgan fingerprint density at radius 1 is 1.04 bits per heavy atom. The first-order chi connectivity index (χ1) is 11.9. The van der Waals surface area contributed by atoms with E-state index >= 15 is 0 Å². The molecule has 3 nitrogen and oxygen atoms in total. The SMILES string of the molecule is C1=C2c3cc4cccnc4c(-c4ccc5cc4OCO5)c3C2CC1. The third-order valence-corrected chi connectivity index (χ3v) is 5.45. The van der Waals surface area contributed by atoms with Gasteiger partial charge in [-0.2, -0.15) is 0 Å². The van der Waals surface area contributed by atoms with Crippen LogP contribution >= 0.6 is 0 Å². The van der Waals surface area contributed by atoms with Gasteiger partial charge in [0.15, 0.2) is 0 Å². The van der Waals surface area contributed by atoms with Gasteiger partial charge in [-0.3, -0.25) is 4.98 Å².